The molecule has 0 atom stereocenters. The smallest absolute Gasteiger partial charge is 0.198 e. The molecule has 1 heterocycles. The summed E-state index contributed by atoms with van der Waals surface area (Å²) in [4.78, 5) is 29.1. The first kappa shape index (κ1) is 15.2. The molecular formula is C20H15NO4. The number of hydrogen-bond acceptors (Lipinski definition) is 4. The molecule has 0 amide bonds. The Morgan fingerprint density at radius 3 is 2.28 bits per heavy atom. The van der Waals surface area contributed by atoms with E-state index in [4.69, 9.17) is 9.47 Å². The van der Waals surface area contributed by atoms with Gasteiger partial charge >= 0.3 is 0 Å². The zero-order valence-corrected chi connectivity index (χ0v) is 13.8. The molecule has 25 heavy (non-hydrogen) atoms. The van der Waals surface area contributed by atoms with Gasteiger partial charge in [0.25, 0.3) is 0 Å². The second-order valence-corrected chi connectivity index (χ2v) is 5.72. The zero-order valence-electron chi connectivity index (χ0n) is 13.8. The summed E-state index contributed by atoms with van der Waals surface area (Å²) < 4.78 is 10.6. The molecule has 1 aromatic heterocycles. The van der Waals surface area contributed by atoms with Gasteiger partial charge in [0, 0.05) is 28.2 Å². The molecule has 4 rings (SSSR count). The van der Waals surface area contributed by atoms with Crippen molar-refractivity contribution >= 4 is 28.0 Å². The van der Waals surface area contributed by atoms with E-state index < -0.39 is 0 Å². The van der Waals surface area contributed by atoms with Crippen LogP contribution in [0.4, 0.5) is 0 Å². The number of hydrogen-bond donors (Lipinski definition) is 1. The number of aromatic amines is 1. The van der Waals surface area contributed by atoms with Gasteiger partial charge in [-0.2, -0.15) is 0 Å². The van der Waals surface area contributed by atoms with Crippen LogP contribution in [0.15, 0.2) is 48.7 Å². The van der Waals surface area contributed by atoms with E-state index in [1.807, 2.05) is 24.3 Å². The number of methoxy groups -OCH3 is 2. The first-order chi connectivity index (χ1) is 12.2. The van der Waals surface area contributed by atoms with Crippen LogP contribution in [-0.2, 0) is 0 Å². The highest BCUT2D eigenvalue weighted by atomic mass is 16.5. The predicted octanol–water partition coefficient (Wildman–Crippen LogP) is 3.65. The fourth-order valence-electron chi connectivity index (χ4n) is 3.27. The lowest BCUT2D eigenvalue weighted by atomic mass is 9.85. The largest absolute Gasteiger partial charge is 0.496 e. The van der Waals surface area contributed by atoms with E-state index in [9.17, 15) is 9.59 Å². The maximum atomic E-state index is 13.2. The zero-order chi connectivity index (χ0) is 17.6. The van der Waals surface area contributed by atoms with Crippen molar-refractivity contribution < 1.29 is 19.1 Å². The molecular weight excluding hydrogens is 318 g/mol. The number of benzene rings is 2. The number of carbonyl (C=O) groups is 2. The molecule has 0 aliphatic heterocycles. The Labute approximate surface area is 143 Å². The minimum absolute atomic E-state index is 0.245. The van der Waals surface area contributed by atoms with Gasteiger partial charge in [-0.1, -0.05) is 18.2 Å². The average molecular weight is 333 g/mol. The summed E-state index contributed by atoms with van der Waals surface area (Å²) >= 11 is 0. The van der Waals surface area contributed by atoms with Crippen LogP contribution in [0.3, 0.4) is 0 Å². The Kier molecular flexibility index (Phi) is 3.42. The molecule has 0 saturated heterocycles. The number of allylic oxidation sites excluding steroid dienone is 2. The summed E-state index contributed by atoms with van der Waals surface area (Å²) in [5, 5.41) is 0.889. The highest BCUT2D eigenvalue weighted by molar-refractivity contribution is 6.41. The van der Waals surface area contributed by atoms with Crippen LogP contribution in [0.5, 0.6) is 11.5 Å². The van der Waals surface area contributed by atoms with E-state index in [-0.39, 0.29) is 22.7 Å². The molecule has 1 aliphatic carbocycles. The maximum absolute atomic E-state index is 13.2. The Bertz CT molecular complexity index is 1060. The van der Waals surface area contributed by atoms with Crippen molar-refractivity contribution in [2.75, 3.05) is 14.2 Å². The molecule has 0 spiro atoms. The number of ketones is 2. The van der Waals surface area contributed by atoms with Gasteiger partial charge in [-0.3, -0.25) is 9.59 Å². The van der Waals surface area contributed by atoms with Gasteiger partial charge in [-0.25, -0.2) is 0 Å². The fraction of sp³-hybridized carbons (Fsp3) is 0.100. The monoisotopic (exact) mass is 333 g/mol. The number of H-pyrrole nitrogens is 1. The van der Waals surface area contributed by atoms with Crippen LogP contribution in [-0.4, -0.2) is 30.8 Å². The van der Waals surface area contributed by atoms with Gasteiger partial charge in [0.05, 0.1) is 25.3 Å². The highest BCUT2D eigenvalue weighted by Gasteiger charge is 2.33. The normalized spacial score (nSPS) is 13.6. The first-order valence-corrected chi connectivity index (χ1v) is 7.78. The van der Waals surface area contributed by atoms with E-state index in [0.29, 0.717) is 22.6 Å². The Morgan fingerprint density at radius 2 is 1.56 bits per heavy atom. The Hall–Kier alpha value is -3.34. The number of nitrogens with one attached hydrogen (secondary N) is 1. The van der Waals surface area contributed by atoms with Gasteiger partial charge in [0.1, 0.15) is 11.5 Å². The van der Waals surface area contributed by atoms with E-state index in [2.05, 4.69) is 4.98 Å². The Balaban J connectivity index is 1.96. The van der Waals surface area contributed by atoms with Crippen molar-refractivity contribution in [3.63, 3.8) is 0 Å². The number of para-hydroxylation sites is 1. The molecule has 1 N–H and O–H groups in total. The van der Waals surface area contributed by atoms with E-state index in [1.165, 1.54) is 20.3 Å². The predicted molar refractivity (Wildman–Crippen MR) is 94.5 cm³/mol. The molecule has 3 aromatic rings. The summed E-state index contributed by atoms with van der Waals surface area (Å²) in [5.41, 5.74) is 2.44. The molecule has 1 aliphatic rings. The van der Waals surface area contributed by atoms with Gasteiger partial charge in [-0.05, 0) is 24.3 Å². The van der Waals surface area contributed by atoms with E-state index >= 15 is 0 Å². The lowest BCUT2D eigenvalue weighted by Crippen LogP contribution is -2.18. The summed E-state index contributed by atoms with van der Waals surface area (Å²) in [6, 6.07) is 10.9. The number of carbonyl (C=O) groups excluding carboxylic acids is 2. The molecule has 0 radical (unpaired) electrons. The van der Waals surface area contributed by atoms with Crippen LogP contribution in [0.2, 0.25) is 0 Å². The lowest BCUT2D eigenvalue weighted by molar-refractivity contribution is 0.0996. The lowest BCUT2D eigenvalue weighted by Gasteiger charge is -2.19. The van der Waals surface area contributed by atoms with Crippen LogP contribution in [0.1, 0.15) is 26.3 Å². The molecule has 0 bridgehead atoms. The van der Waals surface area contributed by atoms with E-state index in [1.54, 1.807) is 18.3 Å². The summed E-state index contributed by atoms with van der Waals surface area (Å²) in [7, 11) is 2.95. The summed E-state index contributed by atoms with van der Waals surface area (Å²) in [5.74, 6) is 0.198. The minimum Gasteiger partial charge on any atom is -0.496 e. The highest BCUT2D eigenvalue weighted by Crippen LogP contribution is 2.39. The molecule has 0 unspecified atom stereocenters. The van der Waals surface area contributed by atoms with Gasteiger partial charge in [0.2, 0.25) is 0 Å². The number of rotatable bonds is 3. The van der Waals surface area contributed by atoms with Crippen molar-refractivity contribution in [1.29, 1.82) is 0 Å². The molecule has 0 saturated carbocycles. The third-order valence-electron chi connectivity index (χ3n) is 4.44. The van der Waals surface area contributed by atoms with Crippen molar-refractivity contribution in [3.8, 4) is 11.5 Å². The topological polar surface area (TPSA) is 68.4 Å². The van der Waals surface area contributed by atoms with Crippen LogP contribution < -0.4 is 9.47 Å². The van der Waals surface area contributed by atoms with Crippen molar-refractivity contribution in [3.05, 3.63) is 65.4 Å². The molecule has 2 aromatic carbocycles. The number of aromatic nitrogens is 1. The van der Waals surface area contributed by atoms with Gasteiger partial charge in [-0.15, -0.1) is 0 Å². The quantitative estimate of drug-likeness (QED) is 0.794. The molecule has 0 fully saturated rings. The molecule has 5 nitrogen and oxygen atoms in total. The second kappa shape index (κ2) is 5.63. The summed E-state index contributed by atoms with van der Waals surface area (Å²) in [6.07, 6.45) is 3.13. The van der Waals surface area contributed by atoms with Crippen molar-refractivity contribution in [2.45, 2.75) is 0 Å². The van der Waals surface area contributed by atoms with Gasteiger partial charge < -0.3 is 14.5 Å². The number of Topliss-reactive ketones (excluding diaryl/α,β-unsaturated/α-hetero) is 1. The average Bonchev–Trinajstić information content (AvgIpc) is 3.07. The van der Waals surface area contributed by atoms with Crippen LogP contribution >= 0.6 is 0 Å². The third kappa shape index (κ3) is 2.16. The summed E-state index contributed by atoms with van der Waals surface area (Å²) in [6.45, 7) is 0. The first-order valence-electron chi connectivity index (χ1n) is 7.78. The maximum Gasteiger partial charge on any atom is 0.198 e. The molecule has 5 heteroatoms. The molecule has 124 valence electrons. The van der Waals surface area contributed by atoms with Crippen LogP contribution in [0, 0.1) is 0 Å². The number of ether oxygens (including phenoxy) is 2. The van der Waals surface area contributed by atoms with Crippen molar-refractivity contribution in [1.82, 2.24) is 4.98 Å². The fourth-order valence-corrected chi connectivity index (χ4v) is 3.27. The number of fused-ring (bicyclic) bond motifs is 2. The SMILES string of the molecule is COc1ccc(OC)c2c1C(=O)C=C(c1c[nH]c3ccccc13)C2=O. The third-order valence-corrected chi connectivity index (χ3v) is 4.44. The second-order valence-electron chi connectivity index (χ2n) is 5.72. The van der Waals surface area contributed by atoms with Crippen molar-refractivity contribution in [2.24, 2.45) is 0 Å². The van der Waals surface area contributed by atoms with E-state index in [0.717, 1.165) is 10.9 Å². The minimum atomic E-state index is -0.273. The van der Waals surface area contributed by atoms with Gasteiger partial charge in [0.15, 0.2) is 11.6 Å². The van der Waals surface area contributed by atoms with Crippen LogP contribution in [0.25, 0.3) is 16.5 Å². The Morgan fingerprint density at radius 1 is 0.880 bits per heavy atom. The standard InChI is InChI=1S/C20H15NO4/c1-24-16-7-8-17(25-2)19-18(16)15(22)9-12(20(19)23)13-10-21-14-6-4-3-5-11(13)14/h3-10,21H,1-2H3.